The smallest absolute Gasteiger partial charge is 0.248 e. The number of carbonyl (C=O) groups excluding carboxylic acids is 1. The molecule has 2 unspecified atom stereocenters. The Balaban J connectivity index is 1.40. The van der Waals surface area contributed by atoms with Gasteiger partial charge in [-0.05, 0) is 50.2 Å². The molecule has 3 heterocycles. The topological polar surface area (TPSA) is 84.6 Å². The van der Waals surface area contributed by atoms with Crippen LogP contribution < -0.4 is 15.4 Å². The molecule has 2 atom stereocenters. The fourth-order valence-electron chi connectivity index (χ4n) is 4.54. The second kappa shape index (κ2) is 9.03. The molecule has 2 fully saturated rings. The second-order valence-corrected chi connectivity index (χ2v) is 9.86. The van der Waals surface area contributed by atoms with Crippen LogP contribution in [0.15, 0.2) is 64.5 Å². The van der Waals surface area contributed by atoms with E-state index in [-0.39, 0.29) is 0 Å². The minimum atomic E-state index is -0.438. The van der Waals surface area contributed by atoms with Gasteiger partial charge in [0.05, 0.1) is 11.1 Å². The molecule has 2 N–H and O–H groups in total. The molecular formula is C25H27N5O2S. The molecule has 2 aromatic carbocycles. The SMILES string of the molecule is Cc1cccc(COc2nc(N3CC4CC3CN4C)ncc2Sc2ccc(C(N)=O)cc2)c1. The van der Waals surface area contributed by atoms with E-state index >= 15 is 0 Å². The Morgan fingerprint density at radius 1 is 1.18 bits per heavy atom. The lowest BCUT2D eigenvalue weighted by Gasteiger charge is -2.32. The third kappa shape index (κ3) is 4.67. The number of nitrogens with two attached hydrogens (primary N) is 1. The largest absolute Gasteiger partial charge is 0.472 e. The number of ether oxygens (including phenoxy) is 1. The lowest BCUT2D eigenvalue weighted by molar-refractivity contribution is 0.1000. The predicted molar refractivity (Wildman–Crippen MR) is 129 cm³/mol. The fourth-order valence-corrected chi connectivity index (χ4v) is 5.36. The van der Waals surface area contributed by atoms with E-state index in [0.29, 0.717) is 30.1 Å². The molecule has 0 spiro atoms. The van der Waals surface area contributed by atoms with E-state index in [1.54, 1.807) is 12.1 Å². The lowest BCUT2D eigenvalue weighted by atomic mass is 10.1. The van der Waals surface area contributed by atoms with Crippen molar-refractivity contribution < 1.29 is 9.53 Å². The first-order chi connectivity index (χ1) is 16.0. The number of aromatic nitrogens is 2. The molecule has 2 bridgehead atoms. The van der Waals surface area contributed by atoms with Gasteiger partial charge in [0.2, 0.25) is 17.7 Å². The van der Waals surface area contributed by atoms with E-state index in [0.717, 1.165) is 40.8 Å². The van der Waals surface area contributed by atoms with Gasteiger partial charge in [-0.1, -0.05) is 41.6 Å². The zero-order valence-electron chi connectivity index (χ0n) is 18.8. The van der Waals surface area contributed by atoms with Crippen molar-refractivity contribution in [2.75, 3.05) is 25.0 Å². The normalized spacial score (nSPS) is 19.8. The van der Waals surface area contributed by atoms with Crippen molar-refractivity contribution in [3.8, 4) is 5.88 Å². The molecule has 2 aliphatic heterocycles. The van der Waals surface area contributed by atoms with E-state index in [4.69, 9.17) is 20.4 Å². The highest BCUT2D eigenvalue weighted by molar-refractivity contribution is 7.99. The van der Waals surface area contributed by atoms with E-state index in [9.17, 15) is 4.79 Å². The first-order valence-electron chi connectivity index (χ1n) is 11.1. The summed E-state index contributed by atoms with van der Waals surface area (Å²) >= 11 is 1.51. The summed E-state index contributed by atoms with van der Waals surface area (Å²) in [7, 11) is 2.18. The average Bonchev–Trinajstić information content (AvgIpc) is 3.38. The van der Waals surface area contributed by atoms with Crippen molar-refractivity contribution in [3.63, 3.8) is 0 Å². The molecule has 7 nitrogen and oxygen atoms in total. The number of benzene rings is 2. The first-order valence-corrected chi connectivity index (χ1v) is 11.9. The Morgan fingerprint density at radius 3 is 2.67 bits per heavy atom. The Kier molecular flexibility index (Phi) is 5.95. The number of carbonyl (C=O) groups is 1. The number of fused-ring (bicyclic) bond motifs is 2. The minimum Gasteiger partial charge on any atom is -0.472 e. The Labute approximate surface area is 198 Å². The Hall–Kier alpha value is -3.10. The summed E-state index contributed by atoms with van der Waals surface area (Å²) < 4.78 is 6.23. The number of anilines is 1. The highest BCUT2D eigenvalue weighted by Crippen LogP contribution is 2.37. The lowest BCUT2D eigenvalue weighted by Crippen LogP contribution is -2.45. The van der Waals surface area contributed by atoms with Gasteiger partial charge in [-0.3, -0.25) is 9.69 Å². The monoisotopic (exact) mass is 461 g/mol. The van der Waals surface area contributed by atoms with E-state index in [1.165, 1.54) is 17.3 Å². The van der Waals surface area contributed by atoms with Gasteiger partial charge >= 0.3 is 0 Å². The summed E-state index contributed by atoms with van der Waals surface area (Å²) in [6, 6.07) is 16.5. The van der Waals surface area contributed by atoms with Gasteiger partial charge < -0.3 is 15.4 Å². The quantitative estimate of drug-likeness (QED) is 0.576. The number of hydrogen-bond acceptors (Lipinski definition) is 7. The van der Waals surface area contributed by atoms with E-state index in [1.807, 2.05) is 24.4 Å². The maximum atomic E-state index is 11.4. The van der Waals surface area contributed by atoms with Gasteiger partial charge in [0, 0.05) is 35.6 Å². The van der Waals surface area contributed by atoms with Crippen molar-refractivity contribution in [2.45, 2.75) is 41.8 Å². The van der Waals surface area contributed by atoms with E-state index < -0.39 is 5.91 Å². The molecule has 170 valence electrons. The van der Waals surface area contributed by atoms with Crippen LogP contribution in [0, 0.1) is 6.92 Å². The molecule has 0 saturated carbocycles. The van der Waals surface area contributed by atoms with E-state index in [2.05, 4.69) is 42.0 Å². The van der Waals surface area contributed by atoms with Crippen LogP contribution in [0.25, 0.3) is 0 Å². The third-order valence-electron chi connectivity index (χ3n) is 6.31. The van der Waals surface area contributed by atoms with Crippen LogP contribution >= 0.6 is 11.8 Å². The standard InChI is InChI=1S/C25H27N5O2S/c1-16-4-3-5-17(10-16)15-32-24-22(33-21-8-6-18(7-9-21)23(26)31)12-27-25(28-24)30-14-19-11-20(30)13-29(19)2/h3-10,12,19-20H,11,13-15H2,1-2H3,(H2,26,31). The molecule has 3 aromatic rings. The van der Waals surface area contributed by atoms with Crippen LogP contribution in [0.3, 0.4) is 0 Å². The predicted octanol–water partition coefficient (Wildman–Crippen LogP) is 3.51. The van der Waals surface area contributed by atoms with Crippen LogP contribution in [0.2, 0.25) is 0 Å². The second-order valence-electron chi connectivity index (χ2n) is 8.74. The average molecular weight is 462 g/mol. The Bertz CT molecular complexity index is 1170. The number of primary amides is 1. The molecule has 0 radical (unpaired) electrons. The minimum absolute atomic E-state index is 0.432. The number of likely N-dealkylation sites (N-methyl/N-ethyl adjacent to an activating group) is 1. The number of piperazine rings is 1. The molecule has 8 heteroatoms. The number of nitrogens with zero attached hydrogens (tertiary/aromatic N) is 4. The highest BCUT2D eigenvalue weighted by Gasteiger charge is 2.42. The maximum absolute atomic E-state index is 11.4. The van der Waals surface area contributed by atoms with Gasteiger partial charge in [0.25, 0.3) is 0 Å². The molecule has 0 aliphatic carbocycles. The number of amides is 1. The first kappa shape index (κ1) is 21.7. The molecule has 1 amide bonds. The van der Waals surface area contributed by atoms with Gasteiger partial charge in [0.15, 0.2) is 0 Å². The zero-order chi connectivity index (χ0) is 22.9. The van der Waals surface area contributed by atoms with Gasteiger partial charge in [0.1, 0.15) is 6.61 Å². The van der Waals surface area contributed by atoms with Crippen LogP contribution in [0.4, 0.5) is 5.95 Å². The molecule has 2 aliphatic rings. The van der Waals surface area contributed by atoms with Crippen molar-refractivity contribution in [3.05, 3.63) is 71.4 Å². The van der Waals surface area contributed by atoms with Crippen molar-refractivity contribution in [1.29, 1.82) is 0 Å². The zero-order valence-corrected chi connectivity index (χ0v) is 19.6. The highest BCUT2D eigenvalue weighted by atomic mass is 32.2. The van der Waals surface area contributed by atoms with Crippen LogP contribution in [-0.4, -0.2) is 53.0 Å². The Morgan fingerprint density at radius 2 is 2.00 bits per heavy atom. The summed E-state index contributed by atoms with van der Waals surface area (Å²) in [5.41, 5.74) is 8.14. The van der Waals surface area contributed by atoms with Gasteiger partial charge in [-0.2, -0.15) is 4.98 Å². The van der Waals surface area contributed by atoms with Crippen molar-refractivity contribution in [2.24, 2.45) is 5.73 Å². The maximum Gasteiger partial charge on any atom is 0.248 e. The van der Waals surface area contributed by atoms with Crippen LogP contribution in [-0.2, 0) is 6.61 Å². The number of aryl methyl sites for hydroxylation is 1. The molecule has 1 aromatic heterocycles. The van der Waals surface area contributed by atoms with Crippen molar-refractivity contribution in [1.82, 2.24) is 14.9 Å². The summed E-state index contributed by atoms with van der Waals surface area (Å²) in [6.07, 6.45) is 3.00. The summed E-state index contributed by atoms with van der Waals surface area (Å²) in [6.45, 7) is 4.49. The summed E-state index contributed by atoms with van der Waals surface area (Å²) in [4.78, 5) is 27.4. The summed E-state index contributed by atoms with van der Waals surface area (Å²) in [5, 5.41) is 0. The number of hydrogen-bond donors (Lipinski definition) is 1. The number of rotatable bonds is 7. The van der Waals surface area contributed by atoms with Crippen LogP contribution in [0.5, 0.6) is 5.88 Å². The van der Waals surface area contributed by atoms with Gasteiger partial charge in [-0.15, -0.1) is 0 Å². The van der Waals surface area contributed by atoms with Gasteiger partial charge in [-0.25, -0.2) is 4.98 Å². The summed E-state index contributed by atoms with van der Waals surface area (Å²) in [5.74, 6) is 0.858. The van der Waals surface area contributed by atoms with Crippen molar-refractivity contribution >= 4 is 23.6 Å². The molecular weight excluding hydrogens is 434 g/mol. The van der Waals surface area contributed by atoms with Crippen LogP contribution in [0.1, 0.15) is 27.9 Å². The fraction of sp³-hybridized carbons (Fsp3) is 0.320. The molecule has 33 heavy (non-hydrogen) atoms. The molecule has 2 saturated heterocycles. The number of likely N-dealkylation sites (tertiary alicyclic amines) is 1. The third-order valence-corrected chi connectivity index (χ3v) is 7.31. The molecule has 5 rings (SSSR count).